The first kappa shape index (κ1) is 13.3. The Labute approximate surface area is 105 Å². The van der Waals surface area contributed by atoms with Crippen LogP contribution >= 0.6 is 0 Å². The quantitative estimate of drug-likeness (QED) is 0.824. The van der Waals surface area contributed by atoms with Crippen LogP contribution in [-0.4, -0.2) is 31.1 Å². The molecule has 0 radical (unpaired) electrons. The molecule has 2 fully saturated rings. The molecule has 2 aliphatic rings. The third-order valence-corrected chi connectivity index (χ3v) is 4.12. The molecule has 1 atom stereocenters. The van der Waals surface area contributed by atoms with Crippen LogP contribution < -0.4 is 5.32 Å². The minimum absolute atomic E-state index is 0.361. The number of hydrogen-bond acceptors (Lipinski definition) is 3. The predicted molar refractivity (Wildman–Crippen MR) is 68.9 cm³/mol. The summed E-state index contributed by atoms with van der Waals surface area (Å²) in [6.45, 7) is 7.81. The van der Waals surface area contributed by atoms with Gasteiger partial charge >= 0.3 is 0 Å². The molecule has 0 bridgehead atoms. The molecule has 0 aromatic carbocycles. The fourth-order valence-electron chi connectivity index (χ4n) is 2.93. The lowest BCUT2D eigenvalue weighted by Crippen LogP contribution is -2.52. The Hall–Kier alpha value is -0.120. The lowest BCUT2D eigenvalue weighted by atomic mass is 9.84. The van der Waals surface area contributed by atoms with E-state index >= 15 is 0 Å². The summed E-state index contributed by atoms with van der Waals surface area (Å²) in [5.74, 6) is 0.449. The van der Waals surface area contributed by atoms with Crippen molar-refractivity contribution in [2.45, 2.75) is 70.7 Å². The van der Waals surface area contributed by atoms with Gasteiger partial charge in [-0.3, -0.25) is 0 Å². The molecule has 0 amide bonds. The molecule has 0 spiro atoms. The number of hydrogen-bond donors (Lipinski definition) is 1. The smallest absolute Gasteiger partial charge is 0.162 e. The SMILES string of the molecule is C[C@H](NC1COC(C)(C)OC1)C1CCCCC1. The lowest BCUT2D eigenvalue weighted by molar-refractivity contribution is -0.253. The van der Waals surface area contributed by atoms with Crippen molar-refractivity contribution in [1.29, 1.82) is 0 Å². The van der Waals surface area contributed by atoms with E-state index in [-0.39, 0.29) is 0 Å². The molecule has 0 aromatic rings. The molecule has 0 unspecified atom stereocenters. The maximum Gasteiger partial charge on any atom is 0.162 e. The fraction of sp³-hybridized carbons (Fsp3) is 1.00. The molecule has 1 aliphatic carbocycles. The largest absolute Gasteiger partial charge is 0.349 e. The Morgan fingerprint density at radius 2 is 1.65 bits per heavy atom. The van der Waals surface area contributed by atoms with Gasteiger partial charge in [-0.05, 0) is 39.5 Å². The Bertz CT molecular complexity index is 226. The van der Waals surface area contributed by atoms with E-state index in [2.05, 4.69) is 12.2 Å². The molecule has 1 saturated heterocycles. The Morgan fingerprint density at radius 3 is 2.24 bits per heavy atom. The van der Waals surface area contributed by atoms with Crippen LogP contribution in [0.4, 0.5) is 0 Å². The second-order valence-corrected chi connectivity index (χ2v) is 6.07. The average Bonchev–Trinajstić information content (AvgIpc) is 2.33. The lowest BCUT2D eigenvalue weighted by Gasteiger charge is -2.38. The zero-order valence-corrected chi connectivity index (χ0v) is 11.5. The molecule has 17 heavy (non-hydrogen) atoms. The summed E-state index contributed by atoms with van der Waals surface area (Å²) in [6, 6.07) is 0.952. The van der Waals surface area contributed by atoms with Crippen LogP contribution in [0.15, 0.2) is 0 Å². The van der Waals surface area contributed by atoms with Crippen molar-refractivity contribution in [3.05, 3.63) is 0 Å². The van der Waals surface area contributed by atoms with E-state index < -0.39 is 5.79 Å². The number of rotatable bonds is 3. The first-order valence-corrected chi connectivity index (χ1v) is 7.11. The van der Waals surface area contributed by atoms with Gasteiger partial charge in [0.2, 0.25) is 0 Å². The van der Waals surface area contributed by atoms with Crippen molar-refractivity contribution < 1.29 is 9.47 Å². The standard InChI is InChI=1S/C14H27NO2/c1-11(12-7-5-4-6-8-12)15-13-9-16-14(2,3)17-10-13/h11-13,15H,4-10H2,1-3H3/t11-/m0/s1. The van der Waals surface area contributed by atoms with Crippen molar-refractivity contribution in [2.24, 2.45) is 5.92 Å². The van der Waals surface area contributed by atoms with Gasteiger partial charge in [0.1, 0.15) is 0 Å². The van der Waals surface area contributed by atoms with E-state index in [1.54, 1.807) is 0 Å². The first-order chi connectivity index (χ1) is 8.07. The van der Waals surface area contributed by atoms with E-state index in [0.717, 1.165) is 19.1 Å². The van der Waals surface area contributed by atoms with E-state index in [0.29, 0.717) is 12.1 Å². The van der Waals surface area contributed by atoms with Crippen molar-refractivity contribution in [1.82, 2.24) is 5.32 Å². The van der Waals surface area contributed by atoms with Gasteiger partial charge in [-0.2, -0.15) is 0 Å². The molecular formula is C14H27NO2. The Balaban J connectivity index is 1.73. The summed E-state index contributed by atoms with van der Waals surface area (Å²) >= 11 is 0. The van der Waals surface area contributed by atoms with E-state index in [1.165, 1.54) is 32.1 Å². The van der Waals surface area contributed by atoms with Crippen LogP contribution in [0.1, 0.15) is 52.9 Å². The topological polar surface area (TPSA) is 30.5 Å². The molecule has 3 nitrogen and oxygen atoms in total. The third-order valence-electron chi connectivity index (χ3n) is 4.12. The van der Waals surface area contributed by atoms with Crippen LogP contribution in [0, 0.1) is 5.92 Å². The minimum Gasteiger partial charge on any atom is -0.349 e. The van der Waals surface area contributed by atoms with Crippen LogP contribution in [-0.2, 0) is 9.47 Å². The zero-order valence-electron chi connectivity index (χ0n) is 11.5. The molecule has 100 valence electrons. The summed E-state index contributed by atoms with van der Waals surface area (Å²) in [5.41, 5.74) is 0. The maximum atomic E-state index is 5.68. The van der Waals surface area contributed by atoms with Crippen LogP contribution in [0.2, 0.25) is 0 Å². The van der Waals surface area contributed by atoms with Gasteiger partial charge in [-0.1, -0.05) is 19.3 Å². The normalized spacial score (nSPS) is 29.1. The highest BCUT2D eigenvalue weighted by molar-refractivity contribution is 4.81. The second kappa shape index (κ2) is 5.68. The third kappa shape index (κ3) is 3.94. The summed E-state index contributed by atoms with van der Waals surface area (Å²) in [7, 11) is 0. The first-order valence-electron chi connectivity index (χ1n) is 7.11. The monoisotopic (exact) mass is 241 g/mol. The molecule has 1 aliphatic heterocycles. The molecule has 1 N–H and O–H groups in total. The summed E-state index contributed by atoms with van der Waals surface area (Å²) < 4.78 is 11.4. The maximum absolute atomic E-state index is 5.68. The second-order valence-electron chi connectivity index (χ2n) is 6.07. The summed E-state index contributed by atoms with van der Waals surface area (Å²) in [6.07, 6.45) is 7.00. The zero-order chi connectivity index (χ0) is 12.3. The van der Waals surface area contributed by atoms with E-state index in [9.17, 15) is 0 Å². The highest BCUT2D eigenvalue weighted by Crippen LogP contribution is 2.27. The molecule has 1 saturated carbocycles. The molecule has 1 heterocycles. The summed E-state index contributed by atoms with van der Waals surface area (Å²) in [4.78, 5) is 0. The van der Waals surface area contributed by atoms with Crippen molar-refractivity contribution in [2.75, 3.05) is 13.2 Å². The van der Waals surface area contributed by atoms with Crippen molar-refractivity contribution in [3.8, 4) is 0 Å². The summed E-state index contributed by atoms with van der Waals surface area (Å²) in [5, 5.41) is 3.68. The average molecular weight is 241 g/mol. The minimum atomic E-state index is -0.397. The van der Waals surface area contributed by atoms with Crippen LogP contribution in [0.5, 0.6) is 0 Å². The van der Waals surface area contributed by atoms with E-state index in [1.807, 2.05) is 13.8 Å². The predicted octanol–water partition coefficient (Wildman–Crippen LogP) is 2.70. The highest BCUT2D eigenvalue weighted by atomic mass is 16.7. The number of nitrogens with one attached hydrogen (secondary N) is 1. The van der Waals surface area contributed by atoms with Crippen molar-refractivity contribution in [3.63, 3.8) is 0 Å². The molecule has 0 aromatic heterocycles. The van der Waals surface area contributed by atoms with Gasteiger partial charge < -0.3 is 14.8 Å². The van der Waals surface area contributed by atoms with Gasteiger partial charge in [0, 0.05) is 6.04 Å². The highest BCUT2D eigenvalue weighted by Gasteiger charge is 2.30. The van der Waals surface area contributed by atoms with Crippen molar-refractivity contribution >= 4 is 0 Å². The van der Waals surface area contributed by atoms with Gasteiger partial charge in [-0.25, -0.2) is 0 Å². The Kier molecular flexibility index (Phi) is 4.45. The van der Waals surface area contributed by atoms with Gasteiger partial charge in [0.25, 0.3) is 0 Å². The van der Waals surface area contributed by atoms with Crippen LogP contribution in [0.3, 0.4) is 0 Å². The van der Waals surface area contributed by atoms with E-state index in [4.69, 9.17) is 9.47 Å². The van der Waals surface area contributed by atoms with Crippen LogP contribution in [0.25, 0.3) is 0 Å². The molecular weight excluding hydrogens is 214 g/mol. The molecule has 3 heteroatoms. The number of ether oxygens (including phenoxy) is 2. The Morgan fingerprint density at radius 1 is 1.06 bits per heavy atom. The fourth-order valence-corrected chi connectivity index (χ4v) is 2.93. The molecule has 2 rings (SSSR count). The van der Waals surface area contributed by atoms with Gasteiger partial charge in [-0.15, -0.1) is 0 Å². The van der Waals surface area contributed by atoms with Gasteiger partial charge in [0.05, 0.1) is 19.3 Å². The van der Waals surface area contributed by atoms with Gasteiger partial charge in [0.15, 0.2) is 5.79 Å².